The van der Waals surface area contributed by atoms with Crippen LogP contribution in [0.3, 0.4) is 0 Å². The van der Waals surface area contributed by atoms with Gasteiger partial charge in [-0.2, -0.15) is 0 Å². The second-order valence-electron chi connectivity index (χ2n) is 10.7. The molecule has 6 nitrogen and oxygen atoms in total. The van der Waals surface area contributed by atoms with Crippen LogP contribution in [0.15, 0.2) is 60.7 Å². The van der Waals surface area contributed by atoms with Crippen LogP contribution in [0, 0.1) is 11.8 Å². The van der Waals surface area contributed by atoms with Crippen LogP contribution >= 0.6 is 0 Å². The lowest BCUT2D eigenvalue weighted by molar-refractivity contribution is -0.140. The van der Waals surface area contributed by atoms with E-state index < -0.39 is 9.84 Å². The van der Waals surface area contributed by atoms with Gasteiger partial charge >= 0.3 is 5.97 Å². The van der Waals surface area contributed by atoms with Gasteiger partial charge in [0.1, 0.15) is 24.2 Å². The Hall–Kier alpha value is -3.76. The van der Waals surface area contributed by atoms with Gasteiger partial charge in [0.2, 0.25) is 0 Å². The standard InChI is InChI=1S/C34H36O6S/c1-3-5-27(22-34(35)38-2)25-10-12-29(13-11-25)39-23-24-8-9-26-6-4-7-28-21-31(14-15-32(28)33(26)20-24)40-30-16-18-41(36,37)19-17-30/h8-15,20-21,27,30H,4,6-7,16-19,22-23H2,1-2H3. The Morgan fingerprint density at radius 1 is 0.927 bits per heavy atom. The summed E-state index contributed by atoms with van der Waals surface area (Å²) in [5, 5.41) is 0. The topological polar surface area (TPSA) is 78.9 Å². The molecule has 1 atom stereocenters. The van der Waals surface area contributed by atoms with Crippen molar-refractivity contribution in [2.24, 2.45) is 0 Å². The number of rotatable bonds is 8. The van der Waals surface area contributed by atoms with E-state index in [9.17, 15) is 13.2 Å². The molecule has 214 valence electrons. The molecule has 1 aliphatic heterocycles. The van der Waals surface area contributed by atoms with E-state index in [0.717, 1.165) is 41.9 Å². The number of esters is 1. The number of ether oxygens (including phenoxy) is 3. The van der Waals surface area contributed by atoms with E-state index in [1.807, 2.05) is 30.3 Å². The smallest absolute Gasteiger partial charge is 0.307 e. The average molecular weight is 573 g/mol. The van der Waals surface area contributed by atoms with Crippen molar-refractivity contribution < 1.29 is 27.4 Å². The first-order valence-electron chi connectivity index (χ1n) is 14.2. The molecule has 1 unspecified atom stereocenters. The molecule has 7 heteroatoms. The Bertz CT molecular complexity index is 1550. The van der Waals surface area contributed by atoms with Crippen LogP contribution in [0.25, 0.3) is 11.1 Å². The van der Waals surface area contributed by atoms with Crippen LogP contribution in [0.2, 0.25) is 0 Å². The molecule has 2 aliphatic rings. The van der Waals surface area contributed by atoms with Crippen LogP contribution in [0.1, 0.15) is 60.8 Å². The van der Waals surface area contributed by atoms with Gasteiger partial charge in [0.15, 0.2) is 9.84 Å². The maximum atomic E-state index is 11.8. The fourth-order valence-corrected chi connectivity index (χ4v) is 7.03. The van der Waals surface area contributed by atoms with Gasteiger partial charge in [-0.1, -0.05) is 36.3 Å². The van der Waals surface area contributed by atoms with Gasteiger partial charge in [0, 0.05) is 0 Å². The second-order valence-corrected chi connectivity index (χ2v) is 13.0. The van der Waals surface area contributed by atoms with Crippen LogP contribution in [-0.4, -0.2) is 39.1 Å². The van der Waals surface area contributed by atoms with Crippen LogP contribution in [0.5, 0.6) is 11.5 Å². The summed E-state index contributed by atoms with van der Waals surface area (Å²) in [5.41, 5.74) is 7.08. The number of sulfone groups is 1. The summed E-state index contributed by atoms with van der Waals surface area (Å²) < 4.78 is 40.7. The van der Waals surface area contributed by atoms with Crippen molar-refractivity contribution in [1.29, 1.82) is 0 Å². The summed E-state index contributed by atoms with van der Waals surface area (Å²) >= 11 is 0. The molecular weight excluding hydrogens is 536 g/mol. The zero-order chi connectivity index (χ0) is 28.8. The van der Waals surface area contributed by atoms with Gasteiger partial charge < -0.3 is 14.2 Å². The number of carbonyl (C=O) groups excluding carboxylic acids is 1. The molecule has 41 heavy (non-hydrogen) atoms. The fourth-order valence-electron chi connectivity index (χ4n) is 5.58. The largest absolute Gasteiger partial charge is 0.490 e. The molecule has 0 saturated carbocycles. The van der Waals surface area contributed by atoms with Crippen molar-refractivity contribution in [3.63, 3.8) is 0 Å². The molecule has 0 aromatic heterocycles. The van der Waals surface area contributed by atoms with Gasteiger partial charge in [0.25, 0.3) is 0 Å². The normalized spacial score (nSPS) is 16.6. The SMILES string of the molecule is CC#CC(CC(=O)OC)c1ccc(OCc2ccc3c(c2)-c2ccc(OC4CCS(=O)(=O)CC4)cc2CCC3)cc1. The van der Waals surface area contributed by atoms with Crippen LogP contribution in [0.4, 0.5) is 0 Å². The van der Waals surface area contributed by atoms with E-state index in [1.165, 1.54) is 29.4 Å². The Kier molecular flexibility index (Phi) is 8.99. The summed E-state index contributed by atoms with van der Waals surface area (Å²) in [5.74, 6) is 7.47. The second kappa shape index (κ2) is 12.8. The van der Waals surface area contributed by atoms with E-state index in [1.54, 1.807) is 6.92 Å². The molecule has 1 fully saturated rings. The molecule has 0 amide bonds. The van der Waals surface area contributed by atoms with Crippen molar-refractivity contribution in [1.82, 2.24) is 0 Å². The van der Waals surface area contributed by atoms with Gasteiger partial charge in [0.05, 0.1) is 31.0 Å². The minimum Gasteiger partial charge on any atom is -0.490 e. The maximum absolute atomic E-state index is 11.8. The van der Waals surface area contributed by atoms with Crippen molar-refractivity contribution >= 4 is 15.8 Å². The molecule has 5 rings (SSSR count). The third-order valence-electron chi connectivity index (χ3n) is 7.84. The highest BCUT2D eigenvalue weighted by Gasteiger charge is 2.25. The molecule has 1 heterocycles. The lowest BCUT2D eigenvalue weighted by Gasteiger charge is -2.24. The number of aryl methyl sites for hydroxylation is 2. The van der Waals surface area contributed by atoms with Gasteiger partial charge in [-0.05, 0) is 103 Å². The Morgan fingerprint density at radius 2 is 1.66 bits per heavy atom. The molecule has 3 aromatic carbocycles. The summed E-state index contributed by atoms with van der Waals surface area (Å²) in [6.45, 7) is 2.20. The van der Waals surface area contributed by atoms with Gasteiger partial charge in [-0.25, -0.2) is 8.42 Å². The number of fused-ring (bicyclic) bond motifs is 3. The highest BCUT2D eigenvalue weighted by molar-refractivity contribution is 7.91. The van der Waals surface area contributed by atoms with E-state index in [2.05, 4.69) is 42.2 Å². The van der Waals surface area contributed by atoms with Crippen molar-refractivity contribution in [2.75, 3.05) is 18.6 Å². The first kappa shape index (κ1) is 28.8. The first-order valence-corrected chi connectivity index (χ1v) is 16.0. The lowest BCUT2D eigenvalue weighted by Crippen LogP contribution is -2.30. The van der Waals surface area contributed by atoms with Crippen LogP contribution in [-0.2, 0) is 38.8 Å². The monoisotopic (exact) mass is 572 g/mol. The quantitative estimate of drug-likeness (QED) is 0.242. The van der Waals surface area contributed by atoms with E-state index in [-0.39, 0.29) is 35.9 Å². The summed E-state index contributed by atoms with van der Waals surface area (Å²) in [4.78, 5) is 11.8. The Balaban J connectivity index is 1.27. The minimum absolute atomic E-state index is 0.0502. The number of hydrogen-bond donors (Lipinski definition) is 0. The summed E-state index contributed by atoms with van der Waals surface area (Å²) in [6.07, 6.45) is 4.31. The number of benzene rings is 3. The maximum Gasteiger partial charge on any atom is 0.307 e. The van der Waals surface area contributed by atoms with E-state index in [0.29, 0.717) is 19.4 Å². The van der Waals surface area contributed by atoms with Gasteiger partial charge in [-0.15, -0.1) is 5.92 Å². The zero-order valence-electron chi connectivity index (χ0n) is 23.6. The average Bonchev–Trinajstić information content (AvgIpc) is 3.15. The number of carbonyl (C=O) groups is 1. The lowest BCUT2D eigenvalue weighted by atomic mass is 9.94. The van der Waals surface area contributed by atoms with Crippen LogP contribution < -0.4 is 9.47 Å². The van der Waals surface area contributed by atoms with Crippen molar-refractivity contribution in [3.05, 3.63) is 82.9 Å². The highest BCUT2D eigenvalue weighted by Crippen LogP contribution is 2.36. The number of hydrogen-bond acceptors (Lipinski definition) is 6. The predicted octanol–water partition coefficient (Wildman–Crippen LogP) is 6.05. The molecule has 0 radical (unpaired) electrons. The summed E-state index contributed by atoms with van der Waals surface area (Å²) in [6, 6.07) is 20.6. The molecule has 3 aromatic rings. The first-order chi connectivity index (χ1) is 19.8. The molecular formula is C34H36O6S. The molecule has 0 bridgehead atoms. The minimum atomic E-state index is -2.91. The Labute approximate surface area is 242 Å². The third kappa shape index (κ3) is 7.31. The van der Waals surface area contributed by atoms with Crippen molar-refractivity contribution in [2.45, 2.75) is 64.1 Å². The fraction of sp³-hybridized carbons (Fsp3) is 0.382. The third-order valence-corrected chi connectivity index (χ3v) is 9.56. The number of methoxy groups -OCH3 is 1. The molecule has 0 spiro atoms. The van der Waals surface area contributed by atoms with E-state index in [4.69, 9.17) is 14.2 Å². The Morgan fingerprint density at radius 3 is 2.39 bits per heavy atom. The van der Waals surface area contributed by atoms with E-state index >= 15 is 0 Å². The zero-order valence-corrected chi connectivity index (χ0v) is 24.5. The molecule has 1 aliphatic carbocycles. The van der Waals surface area contributed by atoms with Crippen molar-refractivity contribution in [3.8, 4) is 34.5 Å². The molecule has 0 N–H and O–H groups in total. The summed E-state index contributed by atoms with van der Waals surface area (Å²) in [7, 11) is -1.52. The predicted molar refractivity (Wildman–Crippen MR) is 160 cm³/mol. The van der Waals surface area contributed by atoms with Gasteiger partial charge in [-0.3, -0.25) is 4.79 Å². The molecule has 1 saturated heterocycles. The highest BCUT2D eigenvalue weighted by atomic mass is 32.2.